The van der Waals surface area contributed by atoms with E-state index in [-0.39, 0.29) is 11.9 Å². The summed E-state index contributed by atoms with van der Waals surface area (Å²) < 4.78 is 8.30. The van der Waals surface area contributed by atoms with E-state index in [1.807, 2.05) is 67.6 Å². The Bertz CT molecular complexity index is 1560. The second-order valence-corrected chi connectivity index (χ2v) is 10.0. The number of carbonyl (C=O) groups excluding carboxylic acids is 1. The Labute approximate surface area is 230 Å². The molecule has 1 unspecified atom stereocenters. The second kappa shape index (κ2) is 12.0. The number of aromatic nitrogens is 2. The Kier molecular flexibility index (Phi) is 8.07. The molecule has 1 amide bonds. The van der Waals surface area contributed by atoms with Crippen LogP contribution in [0.15, 0.2) is 97.1 Å². The molecule has 0 saturated carbocycles. The van der Waals surface area contributed by atoms with Crippen molar-refractivity contribution in [3.63, 3.8) is 0 Å². The third kappa shape index (κ3) is 6.20. The number of carbonyl (C=O) groups is 1. The van der Waals surface area contributed by atoms with Gasteiger partial charge in [-0.1, -0.05) is 78.9 Å². The van der Waals surface area contributed by atoms with Gasteiger partial charge in [-0.2, -0.15) is 0 Å². The van der Waals surface area contributed by atoms with Crippen LogP contribution in [0.25, 0.3) is 22.2 Å². The van der Waals surface area contributed by atoms with E-state index in [2.05, 4.69) is 60.1 Å². The van der Waals surface area contributed by atoms with Crippen LogP contribution in [-0.4, -0.2) is 22.1 Å². The SMILES string of the molecule is Cc1cccc(OCCCn2c(C(C)NC(=O)Cc3ccc(-c4ccccc4)cc3)nc3ccccc32)c1C. The zero-order valence-electron chi connectivity index (χ0n) is 22.9. The van der Waals surface area contributed by atoms with E-state index >= 15 is 0 Å². The van der Waals surface area contributed by atoms with Gasteiger partial charge in [0, 0.05) is 6.54 Å². The highest BCUT2D eigenvalue weighted by Crippen LogP contribution is 2.24. The fourth-order valence-electron chi connectivity index (χ4n) is 4.93. The van der Waals surface area contributed by atoms with Gasteiger partial charge in [0.15, 0.2) is 0 Å². The summed E-state index contributed by atoms with van der Waals surface area (Å²) in [5, 5.41) is 3.17. The summed E-state index contributed by atoms with van der Waals surface area (Å²) in [5.74, 6) is 1.77. The Morgan fingerprint density at radius 1 is 0.872 bits per heavy atom. The molecule has 0 saturated heterocycles. The van der Waals surface area contributed by atoms with E-state index in [9.17, 15) is 4.79 Å². The maximum absolute atomic E-state index is 13.0. The lowest BCUT2D eigenvalue weighted by Crippen LogP contribution is -2.30. The first-order valence-corrected chi connectivity index (χ1v) is 13.6. The number of amides is 1. The molecule has 0 fully saturated rings. The molecule has 0 bridgehead atoms. The van der Waals surface area contributed by atoms with Gasteiger partial charge in [-0.3, -0.25) is 4.79 Å². The molecule has 1 heterocycles. The molecule has 1 N–H and O–H groups in total. The molecule has 0 radical (unpaired) electrons. The van der Waals surface area contributed by atoms with Crippen LogP contribution in [0.3, 0.4) is 0 Å². The number of aryl methyl sites for hydroxylation is 2. The lowest BCUT2D eigenvalue weighted by Gasteiger charge is -2.17. The molecular formula is C34H35N3O2. The fourth-order valence-corrected chi connectivity index (χ4v) is 4.93. The van der Waals surface area contributed by atoms with Crippen molar-refractivity contribution in [3.8, 4) is 16.9 Å². The third-order valence-corrected chi connectivity index (χ3v) is 7.21. The number of rotatable bonds is 10. The zero-order chi connectivity index (χ0) is 27.2. The summed E-state index contributed by atoms with van der Waals surface area (Å²) in [6, 6.07) is 32.5. The zero-order valence-corrected chi connectivity index (χ0v) is 22.9. The first-order chi connectivity index (χ1) is 19.0. The number of benzene rings is 4. The van der Waals surface area contributed by atoms with Crippen LogP contribution in [0.5, 0.6) is 5.75 Å². The molecule has 39 heavy (non-hydrogen) atoms. The average molecular weight is 518 g/mol. The quantitative estimate of drug-likeness (QED) is 0.199. The van der Waals surface area contributed by atoms with Crippen LogP contribution in [0, 0.1) is 13.8 Å². The third-order valence-electron chi connectivity index (χ3n) is 7.21. The van der Waals surface area contributed by atoms with Gasteiger partial charge < -0.3 is 14.6 Å². The van der Waals surface area contributed by atoms with Gasteiger partial charge in [-0.25, -0.2) is 4.98 Å². The number of hydrogen-bond donors (Lipinski definition) is 1. The first kappa shape index (κ1) is 26.2. The van der Waals surface area contributed by atoms with Crippen LogP contribution in [0.1, 0.15) is 41.9 Å². The van der Waals surface area contributed by atoms with E-state index in [1.165, 1.54) is 16.7 Å². The van der Waals surface area contributed by atoms with Gasteiger partial charge >= 0.3 is 0 Å². The molecule has 4 aromatic carbocycles. The number of imidazole rings is 1. The van der Waals surface area contributed by atoms with Crippen molar-refractivity contribution >= 4 is 16.9 Å². The van der Waals surface area contributed by atoms with Gasteiger partial charge in [0.1, 0.15) is 11.6 Å². The molecule has 0 spiro atoms. The first-order valence-electron chi connectivity index (χ1n) is 13.6. The number of para-hydroxylation sites is 2. The number of ether oxygens (including phenoxy) is 1. The molecule has 1 atom stereocenters. The van der Waals surface area contributed by atoms with Crippen molar-refractivity contribution in [1.82, 2.24) is 14.9 Å². The Hall–Kier alpha value is -4.38. The van der Waals surface area contributed by atoms with Gasteiger partial charge in [-0.05, 0) is 73.2 Å². The largest absolute Gasteiger partial charge is 0.493 e. The van der Waals surface area contributed by atoms with Crippen molar-refractivity contribution in [2.45, 2.75) is 46.2 Å². The van der Waals surface area contributed by atoms with Gasteiger partial charge in [0.25, 0.3) is 0 Å². The molecule has 198 valence electrons. The molecule has 1 aromatic heterocycles. The van der Waals surface area contributed by atoms with Crippen molar-refractivity contribution in [2.24, 2.45) is 0 Å². The monoisotopic (exact) mass is 517 g/mol. The molecule has 5 heteroatoms. The summed E-state index contributed by atoms with van der Waals surface area (Å²) in [6.07, 6.45) is 1.15. The summed E-state index contributed by atoms with van der Waals surface area (Å²) in [7, 11) is 0. The van der Waals surface area contributed by atoms with Crippen LogP contribution >= 0.6 is 0 Å². The van der Waals surface area contributed by atoms with E-state index in [1.54, 1.807) is 0 Å². The van der Waals surface area contributed by atoms with Crippen LogP contribution in [0.4, 0.5) is 0 Å². The topological polar surface area (TPSA) is 56.1 Å². The minimum atomic E-state index is -0.228. The van der Waals surface area contributed by atoms with Gasteiger partial charge in [0.2, 0.25) is 5.91 Å². The Balaban J connectivity index is 1.23. The summed E-state index contributed by atoms with van der Waals surface area (Å²) in [4.78, 5) is 17.9. The van der Waals surface area contributed by atoms with Crippen molar-refractivity contribution in [3.05, 3.63) is 120 Å². The highest BCUT2D eigenvalue weighted by atomic mass is 16.5. The molecule has 0 aliphatic rings. The maximum Gasteiger partial charge on any atom is 0.224 e. The van der Waals surface area contributed by atoms with Gasteiger partial charge in [0.05, 0.1) is 30.1 Å². The minimum absolute atomic E-state index is 0.0215. The maximum atomic E-state index is 13.0. The number of nitrogens with zero attached hydrogens (tertiary/aromatic N) is 2. The standard InChI is InChI=1S/C34H35N3O2/c1-24-11-9-16-32(25(24)2)39-22-10-21-37-31-15-8-7-14-30(31)36-34(37)26(3)35-33(38)23-27-17-19-29(20-18-27)28-12-5-4-6-13-28/h4-9,11-20,26H,10,21-23H2,1-3H3,(H,35,38). The molecular weight excluding hydrogens is 482 g/mol. The van der Waals surface area contributed by atoms with E-state index in [0.29, 0.717) is 13.0 Å². The Morgan fingerprint density at radius 2 is 1.59 bits per heavy atom. The Morgan fingerprint density at radius 3 is 2.38 bits per heavy atom. The van der Waals surface area contributed by atoms with Crippen molar-refractivity contribution in [1.29, 1.82) is 0 Å². The van der Waals surface area contributed by atoms with Crippen molar-refractivity contribution < 1.29 is 9.53 Å². The molecule has 5 rings (SSSR count). The summed E-state index contributed by atoms with van der Waals surface area (Å²) in [6.45, 7) is 7.55. The van der Waals surface area contributed by atoms with Crippen LogP contribution in [0.2, 0.25) is 0 Å². The highest BCUT2D eigenvalue weighted by Gasteiger charge is 2.18. The smallest absolute Gasteiger partial charge is 0.224 e. The van der Waals surface area contributed by atoms with E-state index in [0.717, 1.165) is 46.7 Å². The van der Waals surface area contributed by atoms with Gasteiger partial charge in [-0.15, -0.1) is 0 Å². The normalized spacial score (nSPS) is 11.9. The second-order valence-electron chi connectivity index (χ2n) is 10.0. The minimum Gasteiger partial charge on any atom is -0.493 e. The molecule has 5 nitrogen and oxygen atoms in total. The lowest BCUT2D eigenvalue weighted by molar-refractivity contribution is -0.121. The highest BCUT2D eigenvalue weighted by molar-refractivity contribution is 5.80. The van der Waals surface area contributed by atoms with E-state index < -0.39 is 0 Å². The fraction of sp³-hybridized carbons (Fsp3) is 0.235. The van der Waals surface area contributed by atoms with Crippen LogP contribution < -0.4 is 10.1 Å². The average Bonchev–Trinajstić information content (AvgIpc) is 3.33. The predicted molar refractivity (Wildman–Crippen MR) is 158 cm³/mol. The van der Waals surface area contributed by atoms with Crippen molar-refractivity contribution in [2.75, 3.05) is 6.61 Å². The number of hydrogen-bond acceptors (Lipinski definition) is 3. The van der Waals surface area contributed by atoms with E-state index in [4.69, 9.17) is 9.72 Å². The molecule has 0 aliphatic carbocycles. The molecule has 5 aromatic rings. The number of nitrogens with one attached hydrogen (secondary N) is 1. The summed E-state index contributed by atoms with van der Waals surface area (Å²) >= 11 is 0. The number of fused-ring (bicyclic) bond motifs is 1. The van der Waals surface area contributed by atoms with Crippen LogP contribution in [-0.2, 0) is 17.8 Å². The summed E-state index contributed by atoms with van der Waals surface area (Å²) in [5.41, 5.74) is 7.70. The predicted octanol–water partition coefficient (Wildman–Crippen LogP) is 7.21. The lowest BCUT2D eigenvalue weighted by atomic mass is 10.0. The molecule has 0 aliphatic heterocycles.